The van der Waals surface area contributed by atoms with Crippen molar-refractivity contribution >= 4 is 11.6 Å². The van der Waals surface area contributed by atoms with Crippen LogP contribution >= 0.6 is 0 Å². The lowest BCUT2D eigenvalue weighted by atomic mass is 10.1. The van der Waals surface area contributed by atoms with E-state index in [1.165, 1.54) is 11.0 Å². The fraction of sp³-hybridized carbons (Fsp3) is 0.533. The third-order valence-corrected chi connectivity index (χ3v) is 3.02. The number of carbonyl (C=O) groups is 1. The van der Waals surface area contributed by atoms with Crippen molar-refractivity contribution in [1.29, 1.82) is 0 Å². The van der Waals surface area contributed by atoms with Crippen LogP contribution in [0, 0.1) is 10.1 Å². The molecule has 0 radical (unpaired) electrons. The maximum atomic E-state index is 12.0. The molecule has 0 saturated carbocycles. The number of hydrogen-bond donors (Lipinski definition) is 1. The third kappa shape index (κ3) is 5.91. The van der Waals surface area contributed by atoms with Gasteiger partial charge < -0.3 is 10.2 Å². The molecule has 1 amide bonds. The molecule has 0 fully saturated rings. The van der Waals surface area contributed by atoms with E-state index in [1.54, 1.807) is 25.2 Å². The molecule has 6 heteroatoms. The Bertz CT molecular complexity index is 509. The van der Waals surface area contributed by atoms with Gasteiger partial charge in [0.05, 0.1) is 11.5 Å². The van der Waals surface area contributed by atoms with Gasteiger partial charge in [0, 0.05) is 37.2 Å². The summed E-state index contributed by atoms with van der Waals surface area (Å²) in [5.41, 5.74) is 0.559. The molecule has 21 heavy (non-hydrogen) atoms. The summed E-state index contributed by atoms with van der Waals surface area (Å²) in [6, 6.07) is 6.49. The molecule has 0 aliphatic rings. The normalized spacial score (nSPS) is 11.2. The molecule has 0 spiro atoms. The van der Waals surface area contributed by atoms with Gasteiger partial charge in [-0.15, -0.1) is 0 Å². The zero-order valence-electron chi connectivity index (χ0n) is 13.0. The number of nitro groups is 1. The molecule has 0 atom stereocenters. The third-order valence-electron chi connectivity index (χ3n) is 3.02. The van der Waals surface area contributed by atoms with Crippen LogP contribution in [-0.4, -0.2) is 34.9 Å². The van der Waals surface area contributed by atoms with Gasteiger partial charge in [0.15, 0.2) is 0 Å². The first-order valence-electron chi connectivity index (χ1n) is 6.92. The fourth-order valence-corrected chi connectivity index (χ4v) is 1.90. The molecule has 1 aromatic rings. The molecule has 0 heterocycles. The molecule has 0 saturated heterocycles. The number of carbonyl (C=O) groups excluding carboxylic acids is 1. The number of nitrogens with zero attached hydrogens (tertiary/aromatic N) is 2. The highest BCUT2D eigenvalue weighted by atomic mass is 16.6. The summed E-state index contributed by atoms with van der Waals surface area (Å²) in [7, 11) is 1.66. The zero-order chi connectivity index (χ0) is 16.0. The molecule has 0 aliphatic heterocycles. The van der Waals surface area contributed by atoms with E-state index in [1.807, 2.05) is 20.8 Å². The Hall–Kier alpha value is -1.95. The molecule has 0 unspecified atom stereocenters. The van der Waals surface area contributed by atoms with Crippen LogP contribution in [-0.2, 0) is 11.3 Å². The summed E-state index contributed by atoms with van der Waals surface area (Å²) in [5.74, 6) is -0.0371. The Morgan fingerprint density at radius 2 is 1.95 bits per heavy atom. The first-order chi connectivity index (χ1) is 9.70. The highest BCUT2D eigenvalue weighted by Crippen LogP contribution is 2.19. The number of benzene rings is 1. The summed E-state index contributed by atoms with van der Waals surface area (Å²) < 4.78 is 0. The van der Waals surface area contributed by atoms with Crippen LogP contribution in [0.4, 0.5) is 5.69 Å². The lowest BCUT2D eigenvalue weighted by molar-refractivity contribution is -0.385. The number of para-hydroxylation sites is 1. The van der Waals surface area contributed by atoms with Gasteiger partial charge in [-0.05, 0) is 20.8 Å². The van der Waals surface area contributed by atoms with Crippen LogP contribution in [0.2, 0.25) is 0 Å². The van der Waals surface area contributed by atoms with Crippen molar-refractivity contribution in [2.24, 2.45) is 0 Å². The summed E-state index contributed by atoms with van der Waals surface area (Å²) >= 11 is 0. The van der Waals surface area contributed by atoms with Crippen LogP contribution in [0.25, 0.3) is 0 Å². The molecular formula is C15H23N3O3. The van der Waals surface area contributed by atoms with Crippen molar-refractivity contribution in [2.45, 2.75) is 39.3 Å². The van der Waals surface area contributed by atoms with Gasteiger partial charge in [0.2, 0.25) is 5.91 Å². The number of rotatable bonds is 6. The second-order valence-corrected chi connectivity index (χ2v) is 6.06. The second kappa shape index (κ2) is 7.17. The van der Waals surface area contributed by atoms with Crippen molar-refractivity contribution in [3.63, 3.8) is 0 Å². The predicted molar refractivity (Wildman–Crippen MR) is 81.9 cm³/mol. The summed E-state index contributed by atoms with van der Waals surface area (Å²) in [6.07, 6.45) is 0.369. The fourth-order valence-electron chi connectivity index (χ4n) is 1.90. The van der Waals surface area contributed by atoms with E-state index in [9.17, 15) is 14.9 Å². The Morgan fingerprint density at radius 3 is 2.52 bits per heavy atom. The molecule has 0 aromatic heterocycles. The SMILES string of the molecule is CN(Cc1ccccc1[N+](=O)[O-])C(=O)CCNC(C)(C)C. The molecule has 0 aliphatic carbocycles. The molecule has 0 bridgehead atoms. The summed E-state index contributed by atoms with van der Waals surface area (Å²) in [6.45, 7) is 6.94. The van der Waals surface area contributed by atoms with Crippen LogP contribution < -0.4 is 5.32 Å². The van der Waals surface area contributed by atoms with Gasteiger partial charge in [-0.25, -0.2) is 0 Å². The van der Waals surface area contributed by atoms with E-state index >= 15 is 0 Å². The number of nitrogens with one attached hydrogen (secondary N) is 1. The van der Waals surface area contributed by atoms with Gasteiger partial charge in [0.1, 0.15) is 0 Å². The van der Waals surface area contributed by atoms with Gasteiger partial charge in [-0.3, -0.25) is 14.9 Å². The molecule has 1 aromatic carbocycles. The predicted octanol–water partition coefficient (Wildman–Crippen LogP) is 2.33. The first-order valence-corrected chi connectivity index (χ1v) is 6.92. The van der Waals surface area contributed by atoms with E-state index in [2.05, 4.69) is 5.32 Å². The summed E-state index contributed by atoms with van der Waals surface area (Å²) in [4.78, 5) is 24.1. The number of hydrogen-bond acceptors (Lipinski definition) is 4. The largest absolute Gasteiger partial charge is 0.341 e. The smallest absolute Gasteiger partial charge is 0.274 e. The first kappa shape index (κ1) is 17.1. The quantitative estimate of drug-likeness (QED) is 0.645. The lowest BCUT2D eigenvalue weighted by Crippen LogP contribution is -2.38. The van der Waals surface area contributed by atoms with E-state index in [-0.39, 0.29) is 23.7 Å². The Balaban J connectivity index is 2.59. The Morgan fingerprint density at radius 1 is 1.33 bits per heavy atom. The van der Waals surface area contributed by atoms with Crippen molar-refractivity contribution < 1.29 is 9.72 Å². The maximum Gasteiger partial charge on any atom is 0.274 e. The minimum atomic E-state index is -0.422. The van der Waals surface area contributed by atoms with Crippen molar-refractivity contribution in [3.05, 3.63) is 39.9 Å². The van der Waals surface area contributed by atoms with E-state index in [4.69, 9.17) is 0 Å². The Labute approximate surface area is 125 Å². The maximum absolute atomic E-state index is 12.0. The molecule has 1 rings (SSSR count). The standard InChI is InChI=1S/C15H23N3O3/c1-15(2,3)16-10-9-14(19)17(4)11-12-7-5-6-8-13(12)18(20)21/h5-8,16H,9-11H2,1-4H3. The lowest BCUT2D eigenvalue weighted by Gasteiger charge is -2.22. The molecule has 6 nitrogen and oxygen atoms in total. The van der Waals surface area contributed by atoms with Crippen LogP contribution in [0.15, 0.2) is 24.3 Å². The molecule has 116 valence electrons. The minimum absolute atomic E-state index is 0.0307. The molecule has 1 N–H and O–H groups in total. The average molecular weight is 293 g/mol. The minimum Gasteiger partial charge on any atom is -0.341 e. The van der Waals surface area contributed by atoms with Gasteiger partial charge in [-0.1, -0.05) is 18.2 Å². The van der Waals surface area contributed by atoms with E-state index < -0.39 is 4.92 Å². The number of nitro benzene ring substituents is 1. The highest BCUT2D eigenvalue weighted by Gasteiger charge is 2.17. The topological polar surface area (TPSA) is 75.5 Å². The second-order valence-electron chi connectivity index (χ2n) is 6.06. The van der Waals surface area contributed by atoms with Gasteiger partial charge in [0.25, 0.3) is 5.69 Å². The molecular weight excluding hydrogens is 270 g/mol. The van der Waals surface area contributed by atoms with E-state index in [0.29, 0.717) is 18.5 Å². The highest BCUT2D eigenvalue weighted by molar-refractivity contribution is 5.76. The summed E-state index contributed by atoms with van der Waals surface area (Å²) in [5, 5.41) is 14.2. The van der Waals surface area contributed by atoms with Crippen molar-refractivity contribution in [1.82, 2.24) is 10.2 Å². The monoisotopic (exact) mass is 293 g/mol. The van der Waals surface area contributed by atoms with Crippen molar-refractivity contribution in [2.75, 3.05) is 13.6 Å². The van der Waals surface area contributed by atoms with Crippen molar-refractivity contribution in [3.8, 4) is 0 Å². The average Bonchev–Trinajstić information content (AvgIpc) is 2.37. The van der Waals surface area contributed by atoms with Gasteiger partial charge in [-0.2, -0.15) is 0 Å². The van der Waals surface area contributed by atoms with E-state index in [0.717, 1.165) is 0 Å². The van der Waals surface area contributed by atoms with Crippen LogP contribution in [0.1, 0.15) is 32.8 Å². The van der Waals surface area contributed by atoms with Crippen LogP contribution in [0.5, 0.6) is 0 Å². The van der Waals surface area contributed by atoms with Crippen LogP contribution in [0.3, 0.4) is 0 Å². The number of amides is 1. The van der Waals surface area contributed by atoms with Gasteiger partial charge >= 0.3 is 0 Å². The zero-order valence-corrected chi connectivity index (χ0v) is 13.0. The Kier molecular flexibility index (Phi) is 5.84.